The van der Waals surface area contributed by atoms with Crippen molar-refractivity contribution < 1.29 is 13.2 Å². The monoisotopic (exact) mass is 391 g/mol. The molecule has 1 atom stereocenters. The summed E-state index contributed by atoms with van der Waals surface area (Å²) in [5.41, 5.74) is 7.47. The number of anilines is 2. The summed E-state index contributed by atoms with van der Waals surface area (Å²) in [6, 6.07) is 3.16. The van der Waals surface area contributed by atoms with Crippen LogP contribution in [0.5, 0.6) is 0 Å². The maximum Gasteiger partial charge on any atom is 0.416 e. The zero-order valence-electron chi connectivity index (χ0n) is 15.7. The number of fused-ring (bicyclic) bond motifs is 3. The fourth-order valence-corrected chi connectivity index (χ4v) is 3.59. The van der Waals surface area contributed by atoms with Crippen LogP contribution in [0, 0.1) is 6.92 Å². The van der Waals surface area contributed by atoms with Gasteiger partial charge in [0.05, 0.1) is 11.6 Å². The summed E-state index contributed by atoms with van der Waals surface area (Å²) in [5.74, 6) is 1.81. The number of alkyl halides is 3. The largest absolute Gasteiger partial charge is 0.416 e. The third-order valence-electron chi connectivity index (χ3n) is 4.93. The van der Waals surface area contributed by atoms with Gasteiger partial charge in [0, 0.05) is 30.0 Å². The summed E-state index contributed by atoms with van der Waals surface area (Å²) in [6.07, 6.45) is -4.45. The highest BCUT2D eigenvalue weighted by Gasteiger charge is 2.32. The minimum absolute atomic E-state index is 0.0694. The second kappa shape index (κ2) is 6.33. The molecule has 0 aliphatic carbocycles. The van der Waals surface area contributed by atoms with Gasteiger partial charge in [-0.2, -0.15) is 18.2 Å². The van der Waals surface area contributed by atoms with Crippen LogP contribution in [-0.4, -0.2) is 31.5 Å². The van der Waals surface area contributed by atoms with Crippen LogP contribution in [0.2, 0.25) is 0 Å². The van der Waals surface area contributed by atoms with E-state index >= 15 is 0 Å². The van der Waals surface area contributed by atoms with E-state index in [9.17, 15) is 13.2 Å². The number of aromatic nitrogens is 4. The van der Waals surface area contributed by atoms with Crippen LogP contribution in [0.25, 0.3) is 5.78 Å². The molecule has 0 saturated heterocycles. The second-order valence-electron chi connectivity index (χ2n) is 7.19. The zero-order valence-corrected chi connectivity index (χ0v) is 15.7. The van der Waals surface area contributed by atoms with Gasteiger partial charge >= 0.3 is 6.18 Å². The van der Waals surface area contributed by atoms with Crippen molar-refractivity contribution in [2.75, 3.05) is 18.1 Å². The Hall–Kier alpha value is -2.88. The highest BCUT2D eigenvalue weighted by molar-refractivity contribution is 5.56. The fraction of sp³-hybridized carbons (Fsp3) is 0.389. The van der Waals surface area contributed by atoms with Gasteiger partial charge in [0.1, 0.15) is 11.6 Å². The molecule has 7 nitrogen and oxygen atoms in total. The van der Waals surface area contributed by atoms with Crippen molar-refractivity contribution in [3.8, 4) is 0 Å². The Bertz CT molecular complexity index is 1060. The Balaban J connectivity index is 1.73. The van der Waals surface area contributed by atoms with E-state index < -0.39 is 17.8 Å². The highest BCUT2D eigenvalue weighted by Crippen LogP contribution is 2.34. The number of rotatable bonds is 3. The van der Waals surface area contributed by atoms with Gasteiger partial charge in [-0.1, -0.05) is 0 Å². The lowest BCUT2D eigenvalue weighted by Gasteiger charge is -2.19. The molecule has 0 spiro atoms. The minimum Gasteiger partial charge on any atom is -0.399 e. The minimum atomic E-state index is -4.45. The maximum atomic E-state index is 13.1. The van der Waals surface area contributed by atoms with Gasteiger partial charge in [0.15, 0.2) is 0 Å². The van der Waals surface area contributed by atoms with E-state index in [1.807, 2.05) is 18.4 Å². The van der Waals surface area contributed by atoms with Crippen molar-refractivity contribution >= 4 is 17.3 Å². The van der Waals surface area contributed by atoms with Gasteiger partial charge in [-0.05, 0) is 44.7 Å². The first-order valence-corrected chi connectivity index (χ1v) is 8.79. The molecule has 2 aromatic heterocycles. The molecule has 0 radical (unpaired) electrons. The molecule has 148 valence electrons. The molecular formula is C18H20F3N7. The van der Waals surface area contributed by atoms with Crippen molar-refractivity contribution in [1.82, 2.24) is 24.5 Å². The quantitative estimate of drug-likeness (QED) is 0.668. The Labute approximate surface area is 159 Å². The van der Waals surface area contributed by atoms with E-state index in [1.54, 1.807) is 13.0 Å². The molecule has 0 fully saturated rings. The third kappa shape index (κ3) is 3.13. The first-order chi connectivity index (χ1) is 13.1. The lowest BCUT2D eigenvalue weighted by Crippen LogP contribution is -2.14. The summed E-state index contributed by atoms with van der Waals surface area (Å²) in [7, 11) is 1.99. The number of nitrogens with one attached hydrogen (secondary N) is 1. The van der Waals surface area contributed by atoms with Crippen LogP contribution in [0.4, 0.5) is 24.7 Å². The topological polar surface area (TPSA) is 84.4 Å². The van der Waals surface area contributed by atoms with Crippen molar-refractivity contribution in [3.05, 3.63) is 46.4 Å². The van der Waals surface area contributed by atoms with Gasteiger partial charge in [0.25, 0.3) is 5.78 Å². The van der Waals surface area contributed by atoms with E-state index in [-0.39, 0.29) is 5.69 Å². The normalized spacial score (nSPS) is 15.8. The van der Waals surface area contributed by atoms with E-state index in [1.165, 1.54) is 0 Å². The van der Waals surface area contributed by atoms with Crippen molar-refractivity contribution in [2.24, 2.45) is 0 Å². The number of nitrogens with zero attached hydrogens (tertiary/aromatic N) is 5. The van der Waals surface area contributed by atoms with Crippen LogP contribution in [0.1, 0.15) is 41.2 Å². The van der Waals surface area contributed by atoms with Crippen LogP contribution in [0.15, 0.2) is 18.2 Å². The molecule has 0 bridgehead atoms. The summed E-state index contributed by atoms with van der Waals surface area (Å²) >= 11 is 0. The average Bonchev–Trinajstić information content (AvgIpc) is 3.16. The lowest BCUT2D eigenvalue weighted by molar-refractivity contribution is -0.137. The molecule has 3 N–H and O–H groups in total. The molecule has 1 aliphatic heterocycles. The first-order valence-electron chi connectivity index (χ1n) is 8.79. The molecule has 4 rings (SSSR count). The Kier molecular flexibility index (Phi) is 4.18. The predicted molar refractivity (Wildman–Crippen MR) is 98.6 cm³/mol. The Morgan fingerprint density at radius 3 is 2.64 bits per heavy atom. The standard InChI is InChI=1S/C18H20F3N7/c1-9(11-4-12(18(19,20)21)6-13(22)5-11)23-16-14-7-27(3)8-15(14)28-10(2)25-26-17(28)24-16/h4-6,9H,7-8,22H2,1-3H3,(H,23,24,26). The third-order valence-corrected chi connectivity index (χ3v) is 4.93. The van der Waals surface area contributed by atoms with Crippen molar-refractivity contribution in [1.29, 1.82) is 0 Å². The molecule has 10 heteroatoms. The molecule has 1 aromatic carbocycles. The van der Waals surface area contributed by atoms with Crippen LogP contribution in [0.3, 0.4) is 0 Å². The smallest absolute Gasteiger partial charge is 0.399 e. The van der Waals surface area contributed by atoms with Crippen LogP contribution < -0.4 is 11.1 Å². The number of nitrogens with two attached hydrogens (primary N) is 1. The lowest BCUT2D eigenvalue weighted by atomic mass is 10.0. The zero-order chi connectivity index (χ0) is 20.2. The van der Waals surface area contributed by atoms with Gasteiger partial charge in [-0.3, -0.25) is 9.30 Å². The van der Waals surface area contributed by atoms with E-state index in [4.69, 9.17) is 5.73 Å². The van der Waals surface area contributed by atoms with Crippen LogP contribution >= 0.6 is 0 Å². The molecule has 1 unspecified atom stereocenters. The molecule has 1 aliphatic rings. The van der Waals surface area contributed by atoms with E-state index in [0.29, 0.717) is 30.2 Å². The van der Waals surface area contributed by atoms with Gasteiger partial charge < -0.3 is 11.1 Å². The highest BCUT2D eigenvalue weighted by atomic mass is 19.4. The number of aryl methyl sites for hydroxylation is 1. The Morgan fingerprint density at radius 1 is 1.18 bits per heavy atom. The summed E-state index contributed by atoms with van der Waals surface area (Å²) in [6.45, 7) is 5.03. The number of benzene rings is 1. The van der Waals surface area contributed by atoms with Gasteiger partial charge in [-0.15, -0.1) is 10.2 Å². The van der Waals surface area contributed by atoms with E-state index in [2.05, 4.69) is 25.4 Å². The number of hydrogen-bond acceptors (Lipinski definition) is 6. The number of halogens is 3. The molecule has 28 heavy (non-hydrogen) atoms. The van der Waals surface area contributed by atoms with Crippen molar-refractivity contribution in [3.63, 3.8) is 0 Å². The number of nitrogen functional groups attached to an aromatic ring is 1. The van der Waals surface area contributed by atoms with Crippen molar-refractivity contribution in [2.45, 2.75) is 39.2 Å². The summed E-state index contributed by atoms with van der Waals surface area (Å²) in [5, 5.41) is 11.4. The SMILES string of the molecule is Cc1nnc2nc(NC(C)c3cc(N)cc(C(F)(F)F)c3)c3c(n12)CN(C)C3. The first kappa shape index (κ1) is 18.5. The molecule has 0 amide bonds. The van der Waals surface area contributed by atoms with Crippen LogP contribution in [-0.2, 0) is 19.3 Å². The van der Waals surface area contributed by atoms with Gasteiger partial charge in [-0.25, -0.2) is 0 Å². The molecule has 3 aromatic rings. The average molecular weight is 391 g/mol. The molecule has 3 heterocycles. The van der Waals surface area contributed by atoms with E-state index in [0.717, 1.165) is 29.2 Å². The fourth-order valence-electron chi connectivity index (χ4n) is 3.59. The summed E-state index contributed by atoms with van der Waals surface area (Å²) in [4.78, 5) is 6.69. The number of hydrogen-bond donors (Lipinski definition) is 2. The summed E-state index contributed by atoms with van der Waals surface area (Å²) < 4.78 is 41.3. The maximum absolute atomic E-state index is 13.1. The van der Waals surface area contributed by atoms with Gasteiger partial charge in [0.2, 0.25) is 0 Å². The second-order valence-corrected chi connectivity index (χ2v) is 7.19. The predicted octanol–water partition coefficient (Wildman–Crippen LogP) is 3.15. The molecular weight excluding hydrogens is 371 g/mol. The molecule has 0 saturated carbocycles. The Morgan fingerprint density at radius 2 is 1.93 bits per heavy atom.